The van der Waals surface area contributed by atoms with E-state index < -0.39 is 4.92 Å². The van der Waals surface area contributed by atoms with Crippen LogP contribution in [0.4, 0.5) is 11.4 Å². The summed E-state index contributed by atoms with van der Waals surface area (Å²) in [7, 11) is 0. The third kappa shape index (κ3) is 3.31. The molecule has 0 aliphatic carbocycles. The van der Waals surface area contributed by atoms with Crippen LogP contribution in [-0.2, 0) is 0 Å². The number of hydrogen-bond acceptors (Lipinski definition) is 5. The number of para-hydroxylation sites is 1. The van der Waals surface area contributed by atoms with Crippen molar-refractivity contribution in [1.82, 2.24) is 5.32 Å². The SMILES string of the molecule is CC1(C)CCCNC1CNc1cccc(C#N)c1[N+](=O)[O-]. The van der Waals surface area contributed by atoms with E-state index in [0.717, 1.165) is 19.4 Å². The number of nitro benzene ring substituents is 1. The zero-order valence-corrected chi connectivity index (χ0v) is 12.3. The number of nitrogens with one attached hydrogen (secondary N) is 2. The number of benzene rings is 1. The average Bonchev–Trinajstić information content (AvgIpc) is 2.45. The molecule has 0 spiro atoms. The van der Waals surface area contributed by atoms with Crippen LogP contribution in [0.25, 0.3) is 0 Å². The van der Waals surface area contributed by atoms with Gasteiger partial charge in [-0.15, -0.1) is 0 Å². The molecule has 2 rings (SSSR count). The lowest BCUT2D eigenvalue weighted by Gasteiger charge is -2.39. The number of nitrogens with zero attached hydrogens (tertiary/aromatic N) is 2. The summed E-state index contributed by atoms with van der Waals surface area (Å²) in [5.74, 6) is 0. The maximum atomic E-state index is 11.2. The van der Waals surface area contributed by atoms with Gasteiger partial charge in [-0.25, -0.2) is 0 Å². The van der Waals surface area contributed by atoms with Crippen molar-refractivity contribution in [2.24, 2.45) is 5.41 Å². The molecule has 112 valence electrons. The Labute approximate surface area is 124 Å². The lowest BCUT2D eigenvalue weighted by atomic mass is 9.77. The molecule has 1 atom stereocenters. The van der Waals surface area contributed by atoms with Crippen molar-refractivity contribution in [2.45, 2.75) is 32.7 Å². The second-order valence-electron chi connectivity index (χ2n) is 6.05. The van der Waals surface area contributed by atoms with E-state index in [1.807, 2.05) is 6.07 Å². The number of hydrogen-bond donors (Lipinski definition) is 2. The molecule has 0 aromatic heterocycles. The Morgan fingerprint density at radius 3 is 2.95 bits per heavy atom. The van der Waals surface area contributed by atoms with E-state index in [2.05, 4.69) is 24.5 Å². The highest BCUT2D eigenvalue weighted by atomic mass is 16.6. The molecule has 1 fully saturated rings. The Hall–Kier alpha value is -2.13. The van der Waals surface area contributed by atoms with Gasteiger partial charge in [0.1, 0.15) is 17.3 Å². The van der Waals surface area contributed by atoms with Gasteiger partial charge >= 0.3 is 5.69 Å². The van der Waals surface area contributed by atoms with Crippen LogP contribution in [0.2, 0.25) is 0 Å². The van der Waals surface area contributed by atoms with E-state index in [9.17, 15) is 10.1 Å². The highest BCUT2D eigenvalue weighted by Gasteiger charge is 2.32. The second kappa shape index (κ2) is 6.10. The summed E-state index contributed by atoms with van der Waals surface area (Å²) in [5.41, 5.74) is 0.490. The van der Waals surface area contributed by atoms with Gasteiger partial charge in [0.15, 0.2) is 0 Å². The van der Waals surface area contributed by atoms with Crippen LogP contribution in [0.5, 0.6) is 0 Å². The average molecular weight is 288 g/mol. The Kier molecular flexibility index (Phi) is 4.43. The van der Waals surface area contributed by atoms with Crippen molar-refractivity contribution in [2.75, 3.05) is 18.4 Å². The topological polar surface area (TPSA) is 91.0 Å². The third-order valence-electron chi connectivity index (χ3n) is 4.17. The fourth-order valence-electron chi connectivity index (χ4n) is 2.80. The van der Waals surface area contributed by atoms with E-state index >= 15 is 0 Å². The first kappa shape index (κ1) is 15.3. The molecule has 0 saturated carbocycles. The van der Waals surface area contributed by atoms with E-state index in [-0.39, 0.29) is 22.7 Å². The van der Waals surface area contributed by atoms with Gasteiger partial charge in [0.25, 0.3) is 0 Å². The lowest BCUT2D eigenvalue weighted by Crippen LogP contribution is -2.50. The molecule has 6 heteroatoms. The van der Waals surface area contributed by atoms with Crippen molar-refractivity contribution in [1.29, 1.82) is 5.26 Å². The summed E-state index contributed by atoms with van der Waals surface area (Å²) < 4.78 is 0. The van der Waals surface area contributed by atoms with Crippen LogP contribution in [0.1, 0.15) is 32.3 Å². The van der Waals surface area contributed by atoms with Crippen molar-refractivity contribution in [3.8, 4) is 6.07 Å². The van der Waals surface area contributed by atoms with Crippen molar-refractivity contribution >= 4 is 11.4 Å². The molecular weight excluding hydrogens is 268 g/mol. The molecule has 0 amide bonds. The monoisotopic (exact) mass is 288 g/mol. The molecule has 1 heterocycles. The molecule has 1 saturated heterocycles. The molecule has 1 aromatic carbocycles. The molecule has 2 N–H and O–H groups in total. The molecule has 6 nitrogen and oxygen atoms in total. The Morgan fingerprint density at radius 2 is 2.33 bits per heavy atom. The maximum absolute atomic E-state index is 11.2. The summed E-state index contributed by atoms with van der Waals surface area (Å²) in [6.07, 6.45) is 2.28. The smallest absolute Gasteiger partial charge is 0.309 e. The summed E-state index contributed by atoms with van der Waals surface area (Å²) in [6.45, 7) is 5.97. The predicted octanol–water partition coefficient (Wildman–Crippen LogP) is 2.66. The number of nitriles is 1. The maximum Gasteiger partial charge on any atom is 0.309 e. The van der Waals surface area contributed by atoms with Crippen LogP contribution in [0, 0.1) is 26.9 Å². The number of rotatable bonds is 4. The first-order chi connectivity index (χ1) is 9.95. The van der Waals surface area contributed by atoms with Gasteiger partial charge in [0.2, 0.25) is 0 Å². The fourth-order valence-corrected chi connectivity index (χ4v) is 2.80. The van der Waals surface area contributed by atoms with Crippen LogP contribution in [0.15, 0.2) is 18.2 Å². The van der Waals surface area contributed by atoms with Gasteiger partial charge in [-0.05, 0) is 36.9 Å². The zero-order chi connectivity index (χ0) is 15.5. The molecule has 0 radical (unpaired) electrons. The lowest BCUT2D eigenvalue weighted by molar-refractivity contribution is -0.384. The largest absolute Gasteiger partial charge is 0.378 e. The molecule has 1 aromatic rings. The van der Waals surface area contributed by atoms with Crippen molar-refractivity contribution in [3.05, 3.63) is 33.9 Å². The van der Waals surface area contributed by atoms with E-state index in [0.29, 0.717) is 12.2 Å². The fraction of sp³-hybridized carbons (Fsp3) is 0.533. The molecule has 1 unspecified atom stereocenters. The zero-order valence-electron chi connectivity index (χ0n) is 12.3. The minimum absolute atomic E-state index is 0.0841. The van der Waals surface area contributed by atoms with Crippen molar-refractivity contribution < 1.29 is 4.92 Å². The van der Waals surface area contributed by atoms with Crippen LogP contribution in [0.3, 0.4) is 0 Å². The van der Waals surface area contributed by atoms with Gasteiger partial charge in [-0.2, -0.15) is 5.26 Å². The van der Waals surface area contributed by atoms with Gasteiger partial charge in [0.05, 0.1) is 4.92 Å². The highest BCUT2D eigenvalue weighted by molar-refractivity contribution is 5.68. The Balaban J connectivity index is 2.17. The normalized spacial score (nSPS) is 20.5. The minimum Gasteiger partial charge on any atom is -0.378 e. The minimum atomic E-state index is -0.500. The van der Waals surface area contributed by atoms with Gasteiger partial charge < -0.3 is 10.6 Å². The first-order valence-electron chi connectivity index (χ1n) is 7.10. The van der Waals surface area contributed by atoms with E-state index in [1.165, 1.54) is 6.07 Å². The first-order valence-corrected chi connectivity index (χ1v) is 7.10. The van der Waals surface area contributed by atoms with Crippen molar-refractivity contribution in [3.63, 3.8) is 0 Å². The molecule has 0 bridgehead atoms. The number of piperidine rings is 1. The molecule has 1 aliphatic rings. The standard InChI is InChI=1S/C15H20N4O2/c1-15(2)7-4-8-17-13(15)10-18-12-6-3-5-11(9-16)14(12)19(20)21/h3,5-6,13,17-18H,4,7-8,10H2,1-2H3. The van der Waals surface area contributed by atoms with E-state index in [1.54, 1.807) is 12.1 Å². The van der Waals surface area contributed by atoms with Crippen LogP contribution < -0.4 is 10.6 Å². The molecular formula is C15H20N4O2. The predicted molar refractivity (Wildman–Crippen MR) is 81.1 cm³/mol. The molecule has 21 heavy (non-hydrogen) atoms. The number of nitro groups is 1. The summed E-state index contributed by atoms with van der Waals surface area (Å²) in [6, 6.07) is 6.89. The quantitative estimate of drug-likeness (QED) is 0.656. The molecule has 1 aliphatic heterocycles. The van der Waals surface area contributed by atoms with Gasteiger partial charge in [-0.1, -0.05) is 19.9 Å². The third-order valence-corrected chi connectivity index (χ3v) is 4.17. The van der Waals surface area contributed by atoms with Gasteiger partial charge in [-0.3, -0.25) is 10.1 Å². The Bertz CT molecular complexity index is 578. The Morgan fingerprint density at radius 1 is 1.57 bits per heavy atom. The highest BCUT2D eigenvalue weighted by Crippen LogP contribution is 2.32. The van der Waals surface area contributed by atoms with Crippen LogP contribution in [-0.4, -0.2) is 24.1 Å². The second-order valence-corrected chi connectivity index (χ2v) is 6.05. The summed E-state index contributed by atoms with van der Waals surface area (Å²) in [5, 5.41) is 26.8. The van der Waals surface area contributed by atoms with Crippen LogP contribution >= 0.6 is 0 Å². The summed E-state index contributed by atoms with van der Waals surface area (Å²) in [4.78, 5) is 10.7. The van der Waals surface area contributed by atoms with Gasteiger partial charge in [0, 0.05) is 12.6 Å². The summed E-state index contributed by atoms with van der Waals surface area (Å²) >= 11 is 0. The number of anilines is 1. The van der Waals surface area contributed by atoms with E-state index in [4.69, 9.17) is 5.26 Å².